The summed E-state index contributed by atoms with van der Waals surface area (Å²) in [6.45, 7) is 2.07. The number of allylic oxidation sites excluding steroid dienone is 3. The SMILES string of the molecule is C/C1=C2\CS(=O)(=O)CC2CC/C=C\C1. The fraction of sp³-hybridized carbons (Fsp3) is 0.636. The minimum atomic E-state index is -2.78. The van der Waals surface area contributed by atoms with Crippen LogP contribution in [0.25, 0.3) is 0 Å². The van der Waals surface area contributed by atoms with Crippen LogP contribution in [0, 0.1) is 5.92 Å². The summed E-state index contributed by atoms with van der Waals surface area (Å²) in [4.78, 5) is 0. The third-order valence-corrected chi connectivity index (χ3v) is 4.81. The van der Waals surface area contributed by atoms with Crippen LogP contribution >= 0.6 is 0 Å². The predicted molar refractivity (Wildman–Crippen MR) is 57.8 cm³/mol. The van der Waals surface area contributed by atoms with Crippen LogP contribution in [0.5, 0.6) is 0 Å². The highest BCUT2D eigenvalue weighted by molar-refractivity contribution is 7.91. The van der Waals surface area contributed by atoms with Crippen molar-refractivity contribution in [3.63, 3.8) is 0 Å². The van der Waals surface area contributed by atoms with E-state index >= 15 is 0 Å². The first-order valence-electron chi connectivity index (χ1n) is 5.12. The van der Waals surface area contributed by atoms with E-state index in [2.05, 4.69) is 19.1 Å². The number of fused-ring (bicyclic) bond motifs is 1. The van der Waals surface area contributed by atoms with Crippen LogP contribution in [0.3, 0.4) is 0 Å². The highest BCUT2D eigenvalue weighted by Crippen LogP contribution is 2.33. The highest BCUT2D eigenvalue weighted by atomic mass is 32.2. The molecular formula is C11H16O2S. The molecule has 0 saturated carbocycles. The molecule has 0 bridgehead atoms. The molecule has 0 aromatic rings. The van der Waals surface area contributed by atoms with Crippen LogP contribution in [0.15, 0.2) is 23.3 Å². The summed E-state index contributed by atoms with van der Waals surface area (Å²) in [5.41, 5.74) is 2.47. The second kappa shape index (κ2) is 3.54. The molecule has 1 heterocycles. The van der Waals surface area contributed by atoms with Gasteiger partial charge in [-0.05, 0) is 32.1 Å². The van der Waals surface area contributed by atoms with Crippen LogP contribution < -0.4 is 0 Å². The lowest BCUT2D eigenvalue weighted by atomic mass is 9.90. The monoisotopic (exact) mass is 212 g/mol. The van der Waals surface area contributed by atoms with Crippen LogP contribution in [0.2, 0.25) is 0 Å². The lowest BCUT2D eigenvalue weighted by molar-refractivity contribution is 0.589. The zero-order chi connectivity index (χ0) is 10.2. The molecule has 1 fully saturated rings. The number of hydrogen-bond donors (Lipinski definition) is 0. The van der Waals surface area contributed by atoms with E-state index in [-0.39, 0.29) is 0 Å². The molecule has 1 saturated heterocycles. The first-order valence-corrected chi connectivity index (χ1v) is 6.94. The smallest absolute Gasteiger partial charge is 0.154 e. The molecular weight excluding hydrogens is 196 g/mol. The molecule has 2 rings (SSSR count). The van der Waals surface area contributed by atoms with Gasteiger partial charge in [0.2, 0.25) is 0 Å². The van der Waals surface area contributed by atoms with Crippen molar-refractivity contribution in [2.75, 3.05) is 11.5 Å². The van der Waals surface area contributed by atoms with E-state index in [9.17, 15) is 8.42 Å². The van der Waals surface area contributed by atoms with Gasteiger partial charge in [-0.15, -0.1) is 0 Å². The average molecular weight is 212 g/mol. The number of rotatable bonds is 0. The molecule has 2 aliphatic rings. The van der Waals surface area contributed by atoms with Gasteiger partial charge in [-0.2, -0.15) is 0 Å². The maximum atomic E-state index is 11.5. The summed E-state index contributed by atoms with van der Waals surface area (Å²) in [7, 11) is -2.78. The Morgan fingerprint density at radius 1 is 1.36 bits per heavy atom. The molecule has 0 aromatic heterocycles. The van der Waals surface area contributed by atoms with Crippen molar-refractivity contribution >= 4 is 9.84 Å². The quantitative estimate of drug-likeness (QED) is 0.576. The standard InChI is InChI=1S/C11H16O2S/c1-9-5-3-2-4-6-10-7-14(12,13)8-11(9)10/h2-3,10H,4-8H2,1H3/b3-2-,11-9-. The number of hydrogen-bond acceptors (Lipinski definition) is 2. The maximum absolute atomic E-state index is 11.5. The molecule has 1 unspecified atom stereocenters. The van der Waals surface area contributed by atoms with Crippen molar-refractivity contribution in [3.8, 4) is 0 Å². The Morgan fingerprint density at radius 2 is 2.14 bits per heavy atom. The van der Waals surface area contributed by atoms with Gasteiger partial charge in [0.15, 0.2) is 9.84 Å². The molecule has 78 valence electrons. The topological polar surface area (TPSA) is 34.1 Å². The number of sulfone groups is 1. The van der Waals surface area contributed by atoms with Crippen LogP contribution in [0.1, 0.15) is 26.2 Å². The minimum absolute atomic E-state index is 0.310. The molecule has 0 amide bonds. The minimum Gasteiger partial charge on any atom is -0.228 e. The highest BCUT2D eigenvalue weighted by Gasteiger charge is 2.33. The first kappa shape index (κ1) is 9.97. The summed E-state index contributed by atoms with van der Waals surface area (Å²) in [6.07, 6.45) is 7.29. The molecule has 1 atom stereocenters. The van der Waals surface area contributed by atoms with E-state index in [0.717, 1.165) is 19.3 Å². The van der Waals surface area contributed by atoms with Gasteiger partial charge in [0.1, 0.15) is 0 Å². The van der Waals surface area contributed by atoms with Gasteiger partial charge in [-0.25, -0.2) is 8.42 Å². The van der Waals surface area contributed by atoms with Gasteiger partial charge in [-0.1, -0.05) is 23.3 Å². The summed E-state index contributed by atoms with van der Waals surface area (Å²) in [5.74, 6) is 1.01. The summed E-state index contributed by atoms with van der Waals surface area (Å²) in [6, 6.07) is 0. The van der Waals surface area contributed by atoms with Crippen molar-refractivity contribution in [2.45, 2.75) is 26.2 Å². The predicted octanol–water partition coefficient (Wildman–Crippen LogP) is 2.09. The third-order valence-electron chi connectivity index (χ3n) is 3.14. The van der Waals surface area contributed by atoms with Crippen molar-refractivity contribution in [1.29, 1.82) is 0 Å². The lowest BCUT2D eigenvalue weighted by Gasteiger charge is -2.14. The van der Waals surface area contributed by atoms with Gasteiger partial charge in [0, 0.05) is 0 Å². The molecule has 0 radical (unpaired) electrons. The van der Waals surface area contributed by atoms with E-state index in [0.29, 0.717) is 17.4 Å². The van der Waals surface area contributed by atoms with E-state index in [1.807, 2.05) is 0 Å². The molecule has 2 nitrogen and oxygen atoms in total. The molecule has 14 heavy (non-hydrogen) atoms. The summed E-state index contributed by atoms with van der Waals surface area (Å²) in [5, 5.41) is 0. The third kappa shape index (κ3) is 1.92. The van der Waals surface area contributed by atoms with Crippen LogP contribution in [0.4, 0.5) is 0 Å². The second-order valence-corrected chi connectivity index (χ2v) is 6.42. The Labute approximate surface area is 85.6 Å². The Hall–Kier alpha value is -0.570. The molecule has 3 heteroatoms. The van der Waals surface area contributed by atoms with Gasteiger partial charge < -0.3 is 0 Å². The Morgan fingerprint density at radius 3 is 2.93 bits per heavy atom. The van der Waals surface area contributed by atoms with E-state index in [1.165, 1.54) is 11.1 Å². The zero-order valence-corrected chi connectivity index (χ0v) is 9.31. The summed E-state index contributed by atoms with van der Waals surface area (Å²) < 4.78 is 23.0. The normalized spacial score (nSPS) is 38.5. The van der Waals surface area contributed by atoms with Crippen LogP contribution in [-0.4, -0.2) is 19.9 Å². The average Bonchev–Trinajstić information content (AvgIpc) is 2.38. The largest absolute Gasteiger partial charge is 0.228 e. The van der Waals surface area contributed by atoms with E-state index in [1.54, 1.807) is 0 Å². The van der Waals surface area contributed by atoms with Crippen molar-refractivity contribution in [3.05, 3.63) is 23.3 Å². The van der Waals surface area contributed by atoms with Gasteiger partial charge in [-0.3, -0.25) is 0 Å². The fourth-order valence-electron chi connectivity index (χ4n) is 2.36. The molecule has 0 N–H and O–H groups in total. The Bertz CT molecular complexity index is 388. The van der Waals surface area contributed by atoms with E-state index < -0.39 is 9.84 Å². The van der Waals surface area contributed by atoms with Crippen molar-refractivity contribution in [1.82, 2.24) is 0 Å². The zero-order valence-electron chi connectivity index (χ0n) is 8.49. The fourth-order valence-corrected chi connectivity index (χ4v) is 4.41. The summed E-state index contributed by atoms with van der Waals surface area (Å²) >= 11 is 0. The van der Waals surface area contributed by atoms with E-state index in [4.69, 9.17) is 0 Å². The Balaban J connectivity index is 2.35. The molecule has 1 aliphatic carbocycles. The van der Waals surface area contributed by atoms with Crippen molar-refractivity contribution in [2.24, 2.45) is 5.92 Å². The molecule has 0 aromatic carbocycles. The first-order chi connectivity index (χ1) is 6.58. The Kier molecular flexibility index (Phi) is 2.52. The van der Waals surface area contributed by atoms with Crippen LogP contribution in [-0.2, 0) is 9.84 Å². The molecule has 1 aliphatic heterocycles. The van der Waals surface area contributed by atoms with Gasteiger partial charge in [0.05, 0.1) is 11.5 Å². The van der Waals surface area contributed by atoms with Crippen molar-refractivity contribution < 1.29 is 8.42 Å². The second-order valence-electron chi connectivity index (χ2n) is 4.31. The van der Waals surface area contributed by atoms with Gasteiger partial charge >= 0.3 is 0 Å². The molecule has 0 spiro atoms. The lowest BCUT2D eigenvalue weighted by Crippen LogP contribution is -2.06. The van der Waals surface area contributed by atoms with Gasteiger partial charge in [0.25, 0.3) is 0 Å². The maximum Gasteiger partial charge on any atom is 0.154 e.